The van der Waals surface area contributed by atoms with Crippen LogP contribution in [0.4, 0.5) is 5.82 Å². The van der Waals surface area contributed by atoms with Gasteiger partial charge in [0.15, 0.2) is 0 Å². The molecular weight excluding hydrogens is 280 g/mol. The Bertz CT molecular complexity index is 679. The van der Waals surface area contributed by atoms with E-state index in [1.165, 1.54) is 5.56 Å². The molecule has 1 aliphatic heterocycles. The lowest BCUT2D eigenvalue weighted by Crippen LogP contribution is -2.34. The first-order chi connectivity index (χ1) is 10.8. The molecule has 0 atom stereocenters. The highest BCUT2D eigenvalue weighted by Crippen LogP contribution is 2.25. The van der Waals surface area contributed by atoms with E-state index in [-0.39, 0.29) is 6.04 Å². The van der Waals surface area contributed by atoms with Crippen LogP contribution in [0.3, 0.4) is 0 Å². The lowest BCUT2D eigenvalue weighted by atomic mass is 10.1. The second kappa shape index (κ2) is 6.64. The molecule has 8 nitrogen and oxygen atoms in total. The van der Waals surface area contributed by atoms with Crippen LogP contribution in [0, 0.1) is 0 Å². The molecule has 0 aromatic carbocycles. The fourth-order valence-electron chi connectivity index (χ4n) is 2.96. The van der Waals surface area contributed by atoms with Crippen LogP contribution in [0.5, 0.6) is 0 Å². The maximum atomic E-state index is 8.51. The van der Waals surface area contributed by atoms with Crippen molar-refractivity contribution in [2.75, 3.05) is 25.0 Å². The third-order valence-corrected chi connectivity index (χ3v) is 4.06. The third-order valence-electron chi connectivity index (χ3n) is 4.06. The Kier molecular flexibility index (Phi) is 4.41. The zero-order chi connectivity index (χ0) is 15.4. The second-order valence-electron chi connectivity index (χ2n) is 5.50. The van der Waals surface area contributed by atoms with Crippen molar-refractivity contribution in [3.8, 4) is 0 Å². The van der Waals surface area contributed by atoms with E-state index in [1.54, 1.807) is 6.33 Å². The Morgan fingerprint density at radius 1 is 1.45 bits per heavy atom. The van der Waals surface area contributed by atoms with Gasteiger partial charge < -0.3 is 10.3 Å². The van der Waals surface area contributed by atoms with Crippen LogP contribution in [0.2, 0.25) is 0 Å². The summed E-state index contributed by atoms with van der Waals surface area (Å²) in [5.74, 6) is 0.882. The van der Waals surface area contributed by atoms with E-state index in [9.17, 15) is 0 Å². The SMILES string of the molecule is CCNc1ncnc2[nH]cc(CN3CCC(N=[N+]=[N-])CC3)c12. The molecule has 0 aliphatic carbocycles. The topological polar surface area (TPSA) is 106 Å². The Hall–Kier alpha value is -2.31. The van der Waals surface area contributed by atoms with Gasteiger partial charge in [-0.25, -0.2) is 9.97 Å². The van der Waals surface area contributed by atoms with Crippen molar-refractivity contribution < 1.29 is 0 Å². The number of likely N-dealkylation sites (tertiary alicyclic amines) is 1. The standard InChI is InChI=1S/C14H20N8/c1-2-16-13-12-10(7-17-14(12)19-9-18-13)8-22-5-3-11(4-6-22)20-21-15/h7,9,11H,2-6,8H2,1H3,(H2,16,17,18,19). The summed E-state index contributed by atoms with van der Waals surface area (Å²) in [6, 6.07) is 0.143. The van der Waals surface area contributed by atoms with E-state index in [4.69, 9.17) is 5.53 Å². The van der Waals surface area contributed by atoms with Crippen molar-refractivity contribution >= 4 is 16.9 Å². The van der Waals surface area contributed by atoms with E-state index in [0.717, 1.165) is 55.9 Å². The van der Waals surface area contributed by atoms with Crippen molar-refractivity contribution in [2.24, 2.45) is 5.11 Å². The largest absolute Gasteiger partial charge is 0.370 e. The van der Waals surface area contributed by atoms with Gasteiger partial charge in [0.2, 0.25) is 0 Å². The van der Waals surface area contributed by atoms with E-state index >= 15 is 0 Å². The van der Waals surface area contributed by atoms with Crippen LogP contribution in [0.25, 0.3) is 21.5 Å². The van der Waals surface area contributed by atoms with Crippen LogP contribution in [0.1, 0.15) is 25.3 Å². The number of azide groups is 1. The molecule has 0 saturated carbocycles. The molecule has 0 spiro atoms. The maximum Gasteiger partial charge on any atom is 0.143 e. The van der Waals surface area contributed by atoms with E-state index in [0.29, 0.717) is 0 Å². The van der Waals surface area contributed by atoms with E-state index < -0.39 is 0 Å². The molecule has 8 heteroatoms. The Balaban J connectivity index is 1.76. The van der Waals surface area contributed by atoms with Crippen molar-refractivity contribution in [1.82, 2.24) is 19.9 Å². The first kappa shape index (κ1) is 14.6. The van der Waals surface area contributed by atoms with Gasteiger partial charge in [0.1, 0.15) is 17.8 Å². The molecule has 1 fully saturated rings. The molecule has 116 valence electrons. The Morgan fingerprint density at radius 3 is 3.00 bits per heavy atom. The number of rotatable bonds is 5. The van der Waals surface area contributed by atoms with Crippen LogP contribution in [-0.4, -0.2) is 45.5 Å². The van der Waals surface area contributed by atoms with E-state index in [1.807, 2.05) is 6.20 Å². The zero-order valence-corrected chi connectivity index (χ0v) is 12.7. The van der Waals surface area contributed by atoms with Gasteiger partial charge in [0.25, 0.3) is 0 Å². The smallest absolute Gasteiger partial charge is 0.143 e. The number of fused-ring (bicyclic) bond motifs is 1. The highest BCUT2D eigenvalue weighted by Gasteiger charge is 2.20. The van der Waals surface area contributed by atoms with Crippen molar-refractivity contribution in [3.05, 3.63) is 28.5 Å². The quantitative estimate of drug-likeness (QED) is 0.503. The Labute approximate surface area is 128 Å². The minimum Gasteiger partial charge on any atom is -0.370 e. The number of hydrogen-bond donors (Lipinski definition) is 2. The normalized spacial score (nSPS) is 16.6. The summed E-state index contributed by atoms with van der Waals surface area (Å²) >= 11 is 0. The summed E-state index contributed by atoms with van der Waals surface area (Å²) in [5, 5.41) is 8.19. The average Bonchev–Trinajstić information content (AvgIpc) is 2.94. The second-order valence-corrected chi connectivity index (χ2v) is 5.50. The maximum absolute atomic E-state index is 8.51. The molecule has 2 N–H and O–H groups in total. The fraction of sp³-hybridized carbons (Fsp3) is 0.571. The third kappa shape index (κ3) is 2.98. The number of aromatic nitrogens is 3. The van der Waals surface area contributed by atoms with Crippen molar-refractivity contribution in [3.63, 3.8) is 0 Å². The molecule has 3 rings (SSSR count). The number of nitrogens with one attached hydrogen (secondary N) is 2. The zero-order valence-electron chi connectivity index (χ0n) is 12.7. The van der Waals surface area contributed by atoms with Gasteiger partial charge >= 0.3 is 0 Å². The molecule has 2 aromatic heterocycles. The van der Waals surface area contributed by atoms with E-state index in [2.05, 4.69) is 42.1 Å². The lowest BCUT2D eigenvalue weighted by molar-refractivity contribution is 0.206. The van der Waals surface area contributed by atoms with Crippen LogP contribution >= 0.6 is 0 Å². The highest BCUT2D eigenvalue weighted by atomic mass is 15.2. The van der Waals surface area contributed by atoms with Gasteiger partial charge in [-0.3, -0.25) is 4.90 Å². The van der Waals surface area contributed by atoms with Crippen LogP contribution < -0.4 is 5.32 Å². The minimum absolute atomic E-state index is 0.143. The van der Waals surface area contributed by atoms with Crippen LogP contribution in [0.15, 0.2) is 17.6 Å². The molecule has 3 heterocycles. The predicted molar refractivity (Wildman–Crippen MR) is 85.5 cm³/mol. The summed E-state index contributed by atoms with van der Waals surface area (Å²) < 4.78 is 0. The number of aromatic amines is 1. The van der Waals surface area contributed by atoms with Crippen molar-refractivity contribution in [2.45, 2.75) is 32.4 Å². The summed E-state index contributed by atoms with van der Waals surface area (Å²) in [7, 11) is 0. The molecule has 1 aliphatic rings. The molecule has 22 heavy (non-hydrogen) atoms. The molecule has 1 saturated heterocycles. The minimum atomic E-state index is 0.143. The van der Waals surface area contributed by atoms with Gasteiger partial charge in [0.05, 0.1) is 5.39 Å². The summed E-state index contributed by atoms with van der Waals surface area (Å²) in [6.45, 7) is 5.63. The van der Waals surface area contributed by atoms with Gasteiger partial charge in [-0.1, -0.05) is 5.11 Å². The molecule has 0 radical (unpaired) electrons. The summed E-state index contributed by atoms with van der Waals surface area (Å²) in [6.07, 6.45) is 5.43. The lowest BCUT2D eigenvalue weighted by Gasteiger charge is -2.29. The molecule has 0 amide bonds. The first-order valence-electron chi connectivity index (χ1n) is 7.63. The number of H-pyrrole nitrogens is 1. The molecule has 0 bridgehead atoms. The first-order valence-corrected chi connectivity index (χ1v) is 7.63. The van der Waals surface area contributed by atoms with Gasteiger partial charge in [0, 0.05) is 30.2 Å². The number of nitrogens with zero attached hydrogens (tertiary/aromatic N) is 6. The van der Waals surface area contributed by atoms with Gasteiger partial charge in [-0.05, 0) is 43.9 Å². The molecule has 2 aromatic rings. The number of anilines is 1. The van der Waals surface area contributed by atoms with Crippen LogP contribution in [-0.2, 0) is 6.54 Å². The van der Waals surface area contributed by atoms with Crippen molar-refractivity contribution in [1.29, 1.82) is 0 Å². The number of hydrogen-bond acceptors (Lipinski definition) is 5. The summed E-state index contributed by atoms with van der Waals surface area (Å²) in [5.41, 5.74) is 10.6. The monoisotopic (exact) mass is 300 g/mol. The fourth-order valence-corrected chi connectivity index (χ4v) is 2.96. The summed E-state index contributed by atoms with van der Waals surface area (Å²) in [4.78, 5) is 17.2. The molecular formula is C14H20N8. The van der Waals surface area contributed by atoms with Gasteiger partial charge in [-0.2, -0.15) is 0 Å². The highest BCUT2D eigenvalue weighted by molar-refractivity contribution is 5.90. The number of piperidine rings is 1. The molecule has 0 unspecified atom stereocenters. The van der Waals surface area contributed by atoms with Gasteiger partial charge in [-0.15, -0.1) is 0 Å². The Morgan fingerprint density at radius 2 is 2.27 bits per heavy atom. The average molecular weight is 300 g/mol. The predicted octanol–water partition coefficient (Wildman–Crippen LogP) is 2.66.